The summed E-state index contributed by atoms with van der Waals surface area (Å²) in [7, 11) is 3.27. The molecule has 0 bridgehead atoms. The second-order valence-corrected chi connectivity index (χ2v) is 7.40. The van der Waals surface area contributed by atoms with E-state index in [4.69, 9.17) is 13.9 Å². The zero-order valence-electron chi connectivity index (χ0n) is 17.6. The zero-order valence-corrected chi connectivity index (χ0v) is 17.6. The smallest absolute Gasteiger partial charge is 0.287 e. The van der Waals surface area contributed by atoms with Crippen LogP contribution >= 0.6 is 0 Å². The Bertz CT molecular complexity index is 1080. The molecule has 31 heavy (non-hydrogen) atoms. The molecular weight excluding hydrogens is 399 g/mol. The van der Waals surface area contributed by atoms with Gasteiger partial charge >= 0.3 is 0 Å². The van der Waals surface area contributed by atoms with Crippen molar-refractivity contribution < 1.29 is 23.1 Å². The van der Waals surface area contributed by atoms with Crippen molar-refractivity contribution >= 4 is 5.91 Å². The lowest BCUT2D eigenvalue weighted by atomic mass is 9.99. The number of ether oxygens (including phenoxy) is 2. The number of methoxy groups -OCH3 is 2. The van der Waals surface area contributed by atoms with E-state index < -0.39 is 0 Å². The Morgan fingerprint density at radius 1 is 1.10 bits per heavy atom. The van der Waals surface area contributed by atoms with Gasteiger partial charge in [-0.3, -0.25) is 9.69 Å². The number of carbonyl (C=O) groups excluding carboxylic acids is 1. The van der Waals surface area contributed by atoms with E-state index >= 15 is 0 Å². The highest BCUT2D eigenvalue weighted by Crippen LogP contribution is 2.33. The lowest BCUT2D eigenvalue weighted by Gasteiger charge is -2.29. The molecule has 2 aromatic carbocycles. The maximum absolute atomic E-state index is 13.9. The summed E-state index contributed by atoms with van der Waals surface area (Å²) < 4.78 is 30.3. The van der Waals surface area contributed by atoms with Crippen LogP contribution in [0.25, 0.3) is 11.3 Å². The van der Waals surface area contributed by atoms with Crippen LogP contribution in [0.15, 0.2) is 52.9 Å². The SMILES string of the molecule is COc1cc2c(cc1OC)CN(CCNC(=O)c1ccc(-c3ccccc3F)o1)CC2. The van der Waals surface area contributed by atoms with Crippen molar-refractivity contribution in [1.82, 2.24) is 10.2 Å². The Balaban J connectivity index is 1.32. The minimum absolute atomic E-state index is 0.166. The summed E-state index contributed by atoms with van der Waals surface area (Å²) >= 11 is 0. The summed E-state index contributed by atoms with van der Waals surface area (Å²) in [4.78, 5) is 14.7. The van der Waals surface area contributed by atoms with Crippen molar-refractivity contribution in [3.63, 3.8) is 0 Å². The molecule has 0 fully saturated rings. The highest BCUT2D eigenvalue weighted by molar-refractivity contribution is 5.92. The summed E-state index contributed by atoms with van der Waals surface area (Å²) in [5.74, 6) is 1.27. The number of nitrogens with one attached hydrogen (secondary N) is 1. The van der Waals surface area contributed by atoms with E-state index in [2.05, 4.69) is 10.2 Å². The molecular formula is C24H25FN2O4. The molecule has 1 aliphatic heterocycles. The summed E-state index contributed by atoms with van der Waals surface area (Å²) in [6, 6.07) is 13.5. The van der Waals surface area contributed by atoms with Crippen LogP contribution in [0, 0.1) is 5.82 Å². The number of nitrogens with zero attached hydrogens (tertiary/aromatic N) is 1. The second-order valence-electron chi connectivity index (χ2n) is 7.40. The number of rotatable bonds is 7. The number of carbonyl (C=O) groups is 1. The van der Waals surface area contributed by atoms with Gasteiger partial charge in [0.15, 0.2) is 17.3 Å². The first-order chi connectivity index (χ1) is 15.1. The van der Waals surface area contributed by atoms with E-state index in [1.165, 1.54) is 17.2 Å². The maximum Gasteiger partial charge on any atom is 0.287 e. The zero-order chi connectivity index (χ0) is 21.8. The van der Waals surface area contributed by atoms with E-state index in [0.29, 0.717) is 24.4 Å². The van der Waals surface area contributed by atoms with E-state index in [-0.39, 0.29) is 17.5 Å². The Hall–Kier alpha value is -3.32. The van der Waals surface area contributed by atoms with Gasteiger partial charge in [-0.15, -0.1) is 0 Å². The van der Waals surface area contributed by atoms with E-state index in [0.717, 1.165) is 31.0 Å². The first-order valence-electron chi connectivity index (χ1n) is 10.2. The summed E-state index contributed by atoms with van der Waals surface area (Å²) in [6.45, 7) is 2.87. The monoisotopic (exact) mass is 424 g/mol. The van der Waals surface area contributed by atoms with Crippen molar-refractivity contribution in [2.45, 2.75) is 13.0 Å². The molecule has 1 amide bonds. The van der Waals surface area contributed by atoms with E-state index in [9.17, 15) is 9.18 Å². The van der Waals surface area contributed by atoms with E-state index in [1.54, 1.807) is 44.6 Å². The number of fused-ring (bicyclic) bond motifs is 1. The number of amides is 1. The number of benzene rings is 2. The molecule has 7 heteroatoms. The minimum atomic E-state index is -0.386. The average Bonchev–Trinajstić information content (AvgIpc) is 3.28. The van der Waals surface area contributed by atoms with Crippen LogP contribution in [-0.4, -0.2) is 44.7 Å². The van der Waals surface area contributed by atoms with Gasteiger partial charge in [-0.2, -0.15) is 0 Å². The molecule has 2 heterocycles. The Morgan fingerprint density at radius 3 is 2.58 bits per heavy atom. The highest BCUT2D eigenvalue weighted by Gasteiger charge is 2.20. The van der Waals surface area contributed by atoms with Crippen molar-refractivity contribution in [2.24, 2.45) is 0 Å². The van der Waals surface area contributed by atoms with Crippen molar-refractivity contribution in [2.75, 3.05) is 33.9 Å². The van der Waals surface area contributed by atoms with Crippen LogP contribution in [0.4, 0.5) is 4.39 Å². The van der Waals surface area contributed by atoms with Crippen LogP contribution in [0.2, 0.25) is 0 Å². The Kier molecular flexibility index (Phi) is 6.23. The molecule has 1 aromatic heterocycles. The van der Waals surface area contributed by atoms with Gasteiger partial charge in [0.1, 0.15) is 11.6 Å². The fraction of sp³-hybridized carbons (Fsp3) is 0.292. The standard InChI is InChI=1S/C24H25FN2O4/c1-29-22-13-16-9-11-27(15-17(16)14-23(22)30-2)12-10-26-24(28)21-8-7-20(31-21)18-5-3-4-6-19(18)25/h3-8,13-14H,9-12,15H2,1-2H3,(H,26,28). The average molecular weight is 424 g/mol. The quantitative estimate of drug-likeness (QED) is 0.624. The molecule has 0 atom stereocenters. The van der Waals surface area contributed by atoms with Gasteiger partial charge in [-0.25, -0.2) is 4.39 Å². The predicted molar refractivity (Wildman–Crippen MR) is 115 cm³/mol. The normalized spacial score (nSPS) is 13.5. The molecule has 162 valence electrons. The van der Waals surface area contributed by atoms with Crippen molar-refractivity contribution in [3.8, 4) is 22.8 Å². The van der Waals surface area contributed by atoms with Crippen molar-refractivity contribution in [1.29, 1.82) is 0 Å². The van der Waals surface area contributed by atoms with Gasteiger partial charge < -0.3 is 19.2 Å². The Morgan fingerprint density at radius 2 is 1.84 bits per heavy atom. The molecule has 0 spiro atoms. The van der Waals surface area contributed by atoms with Crippen LogP contribution in [0.5, 0.6) is 11.5 Å². The summed E-state index contributed by atoms with van der Waals surface area (Å²) in [6.07, 6.45) is 0.911. The molecule has 0 unspecified atom stereocenters. The third kappa shape index (κ3) is 4.56. The van der Waals surface area contributed by atoms with Gasteiger partial charge in [0, 0.05) is 26.2 Å². The predicted octanol–water partition coefficient (Wildman–Crippen LogP) is 3.89. The first-order valence-corrected chi connectivity index (χ1v) is 10.2. The molecule has 4 rings (SSSR count). The van der Waals surface area contributed by atoms with Gasteiger partial charge in [-0.05, 0) is 53.9 Å². The molecule has 3 aromatic rings. The molecule has 0 saturated carbocycles. The van der Waals surface area contributed by atoms with E-state index in [1.807, 2.05) is 12.1 Å². The van der Waals surface area contributed by atoms with Gasteiger partial charge in [0.2, 0.25) is 0 Å². The molecule has 0 aliphatic carbocycles. The first kappa shape index (κ1) is 20.9. The van der Waals surface area contributed by atoms with Crippen molar-refractivity contribution in [3.05, 3.63) is 71.2 Å². The fourth-order valence-electron chi connectivity index (χ4n) is 3.81. The third-order valence-corrected chi connectivity index (χ3v) is 5.48. The second kappa shape index (κ2) is 9.22. The van der Waals surface area contributed by atoms with Crippen LogP contribution in [0.1, 0.15) is 21.7 Å². The topological polar surface area (TPSA) is 63.9 Å². The van der Waals surface area contributed by atoms with Gasteiger partial charge in [-0.1, -0.05) is 12.1 Å². The van der Waals surface area contributed by atoms with Crippen LogP contribution in [-0.2, 0) is 13.0 Å². The number of hydrogen-bond donors (Lipinski definition) is 1. The molecule has 0 radical (unpaired) electrons. The fourth-order valence-corrected chi connectivity index (χ4v) is 3.81. The number of hydrogen-bond acceptors (Lipinski definition) is 5. The Labute approximate surface area is 180 Å². The molecule has 6 nitrogen and oxygen atoms in total. The number of halogens is 1. The van der Waals surface area contributed by atoms with Crippen LogP contribution < -0.4 is 14.8 Å². The summed E-state index contributed by atoms with van der Waals surface area (Å²) in [5, 5.41) is 2.88. The largest absolute Gasteiger partial charge is 0.493 e. The maximum atomic E-state index is 13.9. The summed E-state index contributed by atoms with van der Waals surface area (Å²) in [5.41, 5.74) is 2.80. The van der Waals surface area contributed by atoms with Crippen LogP contribution in [0.3, 0.4) is 0 Å². The highest BCUT2D eigenvalue weighted by atomic mass is 19.1. The molecule has 1 N–H and O–H groups in total. The lowest BCUT2D eigenvalue weighted by molar-refractivity contribution is 0.0920. The molecule has 1 aliphatic rings. The van der Waals surface area contributed by atoms with Gasteiger partial charge in [0.05, 0.1) is 19.8 Å². The third-order valence-electron chi connectivity index (χ3n) is 5.48. The molecule has 0 saturated heterocycles. The minimum Gasteiger partial charge on any atom is -0.493 e. The van der Waals surface area contributed by atoms with Gasteiger partial charge in [0.25, 0.3) is 5.91 Å². The lowest BCUT2D eigenvalue weighted by Crippen LogP contribution is -2.37. The number of furan rings is 1.